The van der Waals surface area contributed by atoms with Crippen LogP contribution in [0.25, 0.3) is 0 Å². The Morgan fingerprint density at radius 2 is 2.23 bits per heavy atom. The van der Waals surface area contributed by atoms with Crippen LogP contribution >= 0.6 is 0 Å². The molecule has 0 N–H and O–H groups in total. The van der Waals surface area contributed by atoms with Crippen molar-refractivity contribution in [3.05, 3.63) is 12.2 Å². The van der Waals surface area contributed by atoms with Crippen molar-refractivity contribution in [2.45, 2.75) is 37.6 Å². The minimum Gasteiger partial charge on any atom is -0.243 e. The Balaban J connectivity index is 2.71. The highest BCUT2D eigenvalue weighted by Crippen LogP contribution is 2.29. The first-order chi connectivity index (χ1) is 5.97. The van der Waals surface area contributed by atoms with E-state index in [1.54, 1.807) is 6.92 Å². The summed E-state index contributed by atoms with van der Waals surface area (Å²) < 4.78 is 36.0. The molecular weight excluding hydrogens is 191 g/mol. The molecule has 0 radical (unpaired) electrons. The summed E-state index contributed by atoms with van der Waals surface area (Å²) in [4.78, 5) is 0. The van der Waals surface area contributed by atoms with E-state index in [4.69, 9.17) is 0 Å². The van der Waals surface area contributed by atoms with Gasteiger partial charge in [0.2, 0.25) is 0 Å². The molecule has 0 aliphatic heterocycles. The molecule has 1 saturated carbocycles. The average Bonchev–Trinajstić information content (AvgIpc) is 2.09. The lowest BCUT2D eigenvalue weighted by Gasteiger charge is -2.25. The van der Waals surface area contributed by atoms with Crippen molar-refractivity contribution in [1.29, 1.82) is 0 Å². The van der Waals surface area contributed by atoms with Crippen molar-refractivity contribution in [2.75, 3.05) is 5.75 Å². The molecule has 0 amide bonds. The number of halogens is 1. The zero-order valence-corrected chi connectivity index (χ0v) is 8.61. The lowest BCUT2D eigenvalue weighted by molar-refractivity contribution is 0.318. The number of hydrogen-bond acceptors (Lipinski definition) is 2. The largest absolute Gasteiger partial charge is 0.243 e. The first-order valence-electron chi connectivity index (χ1n) is 4.50. The Morgan fingerprint density at radius 3 is 2.69 bits per heavy atom. The number of alkyl halides is 1. The second-order valence-corrected chi connectivity index (χ2v) is 6.04. The monoisotopic (exact) mass is 206 g/mol. The summed E-state index contributed by atoms with van der Waals surface area (Å²) >= 11 is 0. The topological polar surface area (TPSA) is 34.1 Å². The predicted molar refractivity (Wildman–Crippen MR) is 51.1 cm³/mol. The molecule has 0 spiro atoms. The van der Waals surface area contributed by atoms with E-state index in [1.165, 1.54) is 0 Å². The van der Waals surface area contributed by atoms with Crippen LogP contribution in [0.5, 0.6) is 0 Å². The highest BCUT2D eigenvalue weighted by Gasteiger charge is 2.32. The lowest BCUT2D eigenvalue weighted by Crippen LogP contribution is -2.31. The van der Waals surface area contributed by atoms with Crippen LogP contribution in [-0.2, 0) is 9.84 Å². The van der Waals surface area contributed by atoms with Gasteiger partial charge in [0.1, 0.15) is 6.17 Å². The van der Waals surface area contributed by atoms with Crippen LogP contribution < -0.4 is 0 Å². The fourth-order valence-corrected chi connectivity index (χ4v) is 2.99. The molecule has 2 unspecified atom stereocenters. The van der Waals surface area contributed by atoms with E-state index >= 15 is 0 Å². The third-order valence-electron chi connectivity index (χ3n) is 2.61. The van der Waals surface area contributed by atoms with E-state index in [-0.39, 0.29) is 12.2 Å². The van der Waals surface area contributed by atoms with Crippen molar-refractivity contribution in [1.82, 2.24) is 0 Å². The number of sulfone groups is 1. The number of allylic oxidation sites excluding steroid dienone is 1. The fourth-order valence-electron chi connectivity index (χ4n) is 1.58. The predicted octanol–water partition coefficient (Wildman–Crippen LogP) is 1.87. The molecule has 1 fully saturated rings. The molecule has 2 nitrogen and oxygen atoms in total. The third kappa shape index (κ3) is 2.30. The van der Waals surface area contributed by atoms with Crippen LogP contribution in [0.1, 0.15) is 26.2 Å². The van der Waals surface area contributed by atoms with Crippen LogP contribution in [-0.4, -0.2) is 25.6 Å². The molecule has 1 aliphatic rings. The normalized spacial score (nSPS) is 30.5. The van der Waals surface area contributed by atoms with Crippen LogP contribution in [0.3, 0.4) is 0 Å². The Labute approximate surface area is 78.8 Å². The van der Waals surface area contributed by atoms with Crippen LogP contribution in [0.4, 0.5) is 4.39 Å². The maximum Gasteiger partial charge on any atom is 0.153 e. The Bertz CT molecular complexity index is 295. The Hall–Kier alpha value is -0.380. The molecule has 0 saturated heterocycles. The summed E-state index contributed by atoms with van der Waals surface area (Å²) in [7, 11) is -3.06. The van der Waals surface area contributed by atoms with Gasteiger partial charge in [-0.2, -0.15) is 0 Å². The van der Waals surface area contributed by atoms with Gasteiger partial charge in [-0.1, -0.05) is 13.5 Å². The first-order valence-corrected chi connectivity index (χ1v) is 6.22. The first kappa shape index (κ1) is 10.7. The second kappa shape index (κ2) is 3.78. The summed E-state index contributed by atoms with van der Waals surface area (Å²) in [6.07, 6.45) is 0.0234. The van der Waals surface area contributed by atoms with Crippen LogP contribution in [0.2, 0.25) is 0 Å². The molecule has 2 atom stereocenters. The van der Waals surface area contributed by atoms with Gasteiger partial charge in [0.05, 0.1) is 5.25 Å². The van der Waals surface area contributed by atoms with Gasteiger partial charge in [-0.05, 0) is 24.8 Å². The van der Waals surface area contributed by atoms with Crippen molar-refractivity contribution >= 4 is 9.84 Å². The molecule has 1 rings (SSSR count). The van der Waals surface area contributed by atoms with Gasteiger partial charge >= 0.3 is 0 Å². The van der Waals surface area contributed by atoms with E-state index in [1.807, 2.05) is 0 Å². The molecule has 0 aromatic heterocycles. The van der Waals surface area contributed by atoms with Crippen molar-refractivity contribution < 1.29 is 12.8 Å². The van der Waals surface area contributed by atoms with E-state index < -0.39 is 21.3 Å². The molecule has 0 heterocycles. The van der Waals surface area contributed by atoms with Crippen molar-refractivity contribution in [3.8, 4) is 0 Å². The maximum atomic E-state index is 13.1. The average molecular weight is 206 g/mol. The van der Waals surface area contributed by atoms with Crippen LogP contribution in [0, 0.1) is 0 Å². The van der Waals surface area contributed by atoms with Crippen LogP contribution in [0.15, 0.2) is 12.2 Å². The van der Waals surface area contributed by atoms with E-state index in [0.29, 0.717) is 18.4 Å². The van der Waals surface area contributed by atoms with E-state index in [9.17, 15) is 12.8 Å². The van der Waals surface area contributed by atoms with Gasteiger partial charge in [-0.15, -0.1) is 0 Å². The van der Waals surface area contributed by atoms with Gasteiger partial charge < -0.3 is 0 Å². The second-order valence-electron chi connectivity index (χ2n) is 3.47. The highest BCUT2D eigenvalue weighted by molar-refractivity contribution is 7.92. The summed E-state index contributed by atoms with van der Waals surface area (Å²) in [5.74, 6) is 0.108. The summed E-state index contributed by atoms with van der Waals surface area (Å²) in [5, 5.41) is -0.488. The van der Waals surface area contributed by atoms with Gasteiger partial charge in [-0.3, -0.25) is 0 Å². The quantitative estimate of drug-likeness (QED) is 0.646. The number of hydrogen-bond donors (Lipinski definition) is 0. The number of rotatable bonds is 2. The lowest BCUT2D eigenvalue weighted by atomic mass is 9.94. The molecule has 76 valence electrons. The van der Waals surface area contributed by atoms with Gasteiger partial charge in [0.25, 0.3) is 0 Å². The minimum atomic E-state index is -3.06. The molecule has 13 heavy (non-hydrogen) atoms. The van der Waals surface area contributed by atoms with Gasteiger partial charge in [-0.25, -0.2) is 12.8 Å². The SMILES string of the molecule is C=C1CCC(S(=O)(=O)CC)CC1F. The fraction of sp³-hybridized carbons (Fsp3) is 0.778. The molecule has 0 aromatic carbocycles. The molecular formula is C9H15FO2S. The zero-order valence-electron chi connectivity index (χ0n) is 7.79. The standard InChI is InChI=1S/C9H15FO2S/c1-3-13(11,12)8-5-4-7(2)9(10)6-8/h8-9H,2-6H2,1H3. The highest BCUT2D eigenvalue weighted by atomic mass is 32.2. The van der Waals surface area contributed by atoms with Gasteiger partial charge in [0, 0.05) is 5.75 Å². The van der Waals surface area contributed by atoms with Gasteiger partial charge in [0.15, 0.2) is 9.84 Å². The molecule has 0 aromatic rings. The summed E-state index contributed by atoms with van der Waals surface area (Å²) in [6.45, 7) is 5.17. The summed E-state index contributed by atoms with van der Waals surface area (Å²) in [5.41, 5.74) is 0.544. The molecule has 1 aliphatic carbocycles. The minimum absolute atomic E-state index is 0.106. The van der Waals surface area contributed by atoms with Crippen molar-refractivity contribution in [3.63, 3.8) is 0 Å². The molecule has 0 bridgehead atoms. The van der Waals surface area contributed by atoms with Crippen molar-refractivity contribution in [2.24, 2.45) is 0 Å². The zero-order chi connectivity index (χ0) is 10.1. The Morgan fingerprint density at radius 1 is 1.62 bits per heavy atom. The van der Waals surface area contributed by atoms with E-state index in [2.05, 4.69) is 6.58 Å². The Kier molecular flexibility index (Phi) is 3.11. The van der Waals surface area contributed by atoms with E-state index in [0.717, 1.165) is 0 Å². The third-order valence-corrected chi connectivity index (χ3v) is 4.86. The molecule has 4 heteroatoms. The summed E-state index contributed by atoms with van der Waals surface area (Å²) in [6, 6.07) is 0. The maximum absolute atomic E-state index is 13.1. The smallest absolute Gasteiger partial charge is 0.153 e.